The van der Waals surface area contributed by atoms with Gasteiger partial charge in [0.1, 0.15) is 0 Å². The lowest BCUT2D eigenvalue weighted by Gasteiger charge is -2.05. The molecule has 3 rings (SSSR count). The van der Waals surface area contributed by atoms with Gasteiger partial charge in [0.15, 0.2) is 0 Å². The van der Waals surface area contributed by atoms with Crippen molar-refractivity contribution in [1.82, 2.24) is 25.3 Å². The molecule has 2 heterocycles. The average Bonchev–Trinajstić information content (AvgIpc) is 2.87. The molecular formula is C14H15N5. The maximum atomic E-state index is 4.36. The number of nitrogens with one attached hydrogen (secondary N) is 1. The molecule has 0 amide bonds. The van der Waals surface area contributed by atoms with E-state index in [-0.39, 0.29) is 0 Å². The Morgan fingerprint density at radius 1 is 1.21 bits per heavy atom. The molecule has 0 unspecified atom stereocenters. The zero-order valence-corrected chi connectivity index (χ0v) is 10.7. The topological polar surface area (TPSA) is 55.6 Å². The summed E-state index contributed by atoms with van der Waals surface area (Å²) < 4.78 is 1.86. The highest BCUT2D eigenvalue weighted by Gasteiger charge is 2.04. The number of pyridine rings is 1. The van der Waals surface area contributed by atoms with Crippen molar-refractivity contribution >= 4 is 10.9 Å². The van der Waals surface area contributed by atoms with Gasteiger partial charge in [0, 0.05) is 18.1 Å². The predicted molar refractivity (Wildman–Crippen MR) is 73.6 cm³/mol. The standard InChI is InChI=1S/C14H15N5/c1-15-8-12-10-19(18-17-12)9-11-6-7-16-14-5-3-2-4-13(11)14/h2-7,10,15H,8-9H2,1H3. The highest BCUT2D eigenvalue weighted by Crippen LogP contribution is 2.16. The number of para-hydroxylation sites is 1. The molecule has 0 aliphatic carbocycles. The number of rotatable bonds is 4. The van der Waals surface area contributed by atoms with E-state index in [4.69, 9.17) is 0 Å². The summed E-state index contributed by atoms with van der Waals surface area (Å²) in [6, 6.07) is 10.2. The van der Waals surface area contributed by atoms with Crippen molar-refractivity contribution in [2.45, 2.75) is 13.1 Å². The van der Waals surface area contributed by atoms with Gasteiger partial charge in [-0.2, -0.15) is 0 Å². The highest BCUT2D eigenvalue weighted by atomic mass is 15.4. The van der Waals surface area contributed by atoms with Crippen LogP contribution in [0.5, 0.6) is 0 Å². The molecule has 0 fully saturated rings. The summed E-state index contributed by atoms with van der Waals surface area (Å²) in [7, 11) is 1.90. The van der Waals surface area contributed by atoms with E-state index in [1.54, 1.807) is 0 Å². The molecule has 0 bridgehead atoms. The molecule has 3 aromatic rings. The van der Waals surface area contributed by atoms with Gasteiger partial charge in [0.05, 0.1) is 24.0 Å². The molecule has 0 aliphatic heterocycles. The van der Waals surface area contributed by atoms with Crippen molar-refractivity contribution < 1.29 is 0 Å². The first kappa shape index (κ1) is 11.8. The van der Waals surface area contributed by atoms with Crippen molar-refractivity contribution in [2.75, 3.05) is 7.05 Å². The Morgan fingerprint density at radius 3 is 3.00 bits per heavy atom. The smallest absolute Gasteiger partial charge is 0.0964 e. The van der Waals surface area contributed by atoms with E-state index in [0.29, 0.717) is 6.54 Å². The third-order valence-corrected chi connectivity index (χ3v) is 3.02. The van der Waals surface area contributed by atoms with Crippen LogP contribution in [0.25, 0.3) is 10.9 Å². The lowest BCUT2D eigenvalue weighted by molar-refractivity contribution is 0.651. The Labute approximate surface area is 111 Å². The molecule has 5 nitrogen and oxygen atoms in total. The molecule has 1 aromatic carbocycles. The Hall–Kier alpha value is -2.27. The SMILES string of the molecule is CNCc1cn(Cc2ccnc3ccccc23)nn1. The third-order valence-electron chi connectivity index (χ3n) is 3.02. The Balaban J connectivity index is 1.92. The van der Waals surface area contributed by atoms with Gasteiger partial charge in [-0.1, -0.05) is 23.4 Å². The van der Waals surface area contributed by atoms with Gasteiger partial charge in [-0.15, -0.1) is 5.10 Å². The molecule has 0 saturated carbocycles. The molecule has 0 aliphatic rings. The van der Waals surface area contributed by atoms with Crippen LogP contribution in [0.4, 0.5) is 0 Å². The number of hydrogen-bond acceptors (Lipinski definition) is 4. The van der Waals surface area contributed by atoms with E-state index >= 15 is 0 Å². The van der Waals surface area contributed by atoms with Crippen LogP contribution in [0.2, 0.25) is 0 Å². The van der Waals surface area contributed by atoms with E-state index in [1.807, 2.05) is 48.4 Å². The Morgan fingerprint density at radius 2 is 2.11 bits per heavy atom. The fourth-order valence-electron chi connectivity index (χ4n) is 2.15. The summed E-state index contributed by atoms with van der Waals surface area (Å²) in [6.07, 6.45) is 3.80. The van der Waals surface area contributed by atoms with Gasteiger partial charge in [0.25, 0.3) is 0 Å². The predicted octanol–water partition coefficient (Wildman–Crippen LogP) is 1.59. The molecule has 0 spiro atoms. The Kier molecular flexibility index (Phi) is 3.20. The van der Waals surface area contributed by atoms with E-state index in [9.17, 15) is 0 Å². The first-order chi connectivity index (χ1) is 9.36. The van der Waals surface area contributed by atoms with Crippen molar-refractivity contribution in [1.29, 1.82) is 0 Å². The normalized spacial score (nSPS) is 11.0. The summed E-state index contributed by atoms with van der Waals surface area (Å²) >= 11 is 0. The summed E-state index contributed by atoms with van der Waals surface area (Å²) in [4.78, 5) is 4.36. The van der Waals surface area contributed by atoms with Crippen LogP contribution in [0.1, 0.15) is 11.3 Å². The van der Waals surface area contributed by atoms with Gasteiger partial charge in [-0.05, 0) is 24.7 Å². The van der Waals surface area contributed by atoms with Crippen molar-refractivity contribution in [3.05, 3.63) is 54.0 Å². The van der Waals surface area contributed by atoms with Crippen LogP contribution in [-0.4, -0.2) is 27.0 Å². The molecule has 5 heteroatoms. The molecule has 96 valence electrons. The lowest BCUT2D eigenvalue weighted by atomic mass is 10.1. The average molecular weight is 253 g/mol. The summed E-state index contributed by atoms with van der Waals surface area (Å²) in [5.41, 5.74) is 3.16. The van der Waals surface area contributed by atoms with E-state index in [1.165, 1.54) is 5.56 Å². The molecular weight excluding hydrogens is 238 g/mol. The number of fused-ring (bicyclic) bond motifs is 1. The lowest BCUT2D eigenvalue weighted by Crippen LogP contribution is -2.05. The zero-order valence-electron chi connectivity index (χ0n) is 10.7. The van der Waals surface area contributed by atoms with Crippen LogP contribution in [-0.2, 0) is 13.1 Å². The number of hydrogen-bond donors (Lipinski definition) is 1. The van der Waals surface area contributed by atoms with Crippen LogP contribution >= 0.6 is 0 Å². The largest absolute Gasteiger partial charge is 0.314 e. The summed E-state index contributed by atoms with van der Waals surface area (Å²) in [5.74, 6) is 0. The fraction of sp³-hybridized carbons (Fsp3) is 0.214. The van der Waals surface area contributed by atoms with Gasteiger partial charge >= 0.3 is 0 Å². The summed E-state index contributed by atoms with van der Waals surface area (Å²) in [6.45, 7) is 1.44. The van der Waals surface area contributed by atoms with Crippen LogP contribution in [0.15, 0.2) is 42.7 Å². The van der Waals surface area contributed by atoms with Crippen LogP contribution in [0.3, 0.4) is 0 Å². The maximum Gasteiger partial charge on any atom is 0.0964 e. The van der Waals surface area contributed by atoms with Gasteiger partial charge in [0.2, 0.25) is 0 Å². The molecule has 19 heavy (non-hydrogen) atoms. The monoisotopic (exact) mass is 253 g/mol. The van der Waals surface area contributed by atoms with E-state index in [2.05, 4.69) is 26.7 Å². The van der Waals surface area contributed by atoms with Crippen molar-refractivity contribution in [3.63, 3.8) is 0 Å². The van der Waals surface area contributed by atoms with Crippen LogP contribution < -0.4 is 5.32 Å². The van der Waals surface area contributed by atoms with E-state index < -0.39 is 0 Å². The minimum atomic E-state index is 0.708. The van der Waals surface area contributed by atoms with Crippen molar-refractivity contribution in [3.8, 4) is 0 Å². The molecule has 0 saturated heterocycles. The highest BCUT2D eigenvalue weighted by molar-refractivity contribution is 5.81. The number of benzene rings is 1. The second kappa shape index (κ2) is 5.16. The third kappa shape index (κ3) is 2.46. The van der Waals surface area contributed by atoms with E-state index in [0.717, 1.165) is 23.1 Å². The van der Waals surface area contributed by atoms with Gasteiger partial charge < -0.3 is 5.32 Å². The molecule has 0 atom stereocenters. The molecule has 1 N–H and O–H groups in total. The second-order valence-corrected chi connectivity index (χ2v) is 4.43. The molecule has 0 radical (unpaired) electrons. The molecule has 2 aromatic heterocycles. The second-order valence-electron chi connectivity index (χ2n) is 4.43. The van der Waals surface area contributed by atoms with Crippen LogP contribution in [0, 0.1) is 0 Å². The minimum Gasteiger partial charge on any atom is -0.314 e. The summed E-state index contributed by atoms with van der Waals surface area (Å²) in [5, 5.41) is 12.5. The Bertz CT molecular complexity index is 684. The quantitative estimate of drug-likeness (QED) is 0.767. The minimum absolute atomic E-state index is 0.708. The number of nitrogens with zero attached hydrogens (tertiary/aromatic N) is 4. The van der Waals surface area contributed by atoms with Gasteiger partial charge in [-0.3, -0.25) is 4.98 Å². The first-order valence-electron chi connectivity index (χ1n) is 6.23. The van der Waals surface area contributed by atoms with Crippen molar-refractivity contribution in [2.24, 2.45) is 0 Å². The zero-order chi connectivity index (χ0) is 13.1. The first-order valence-corrected chi connectivity index (χ1v) is 6.23. The van der Waals surface area contributed by atoms with Gasteiger partial charge in [-0.25, -0.2) is 4.68 Å². The fourth-order valence-corrected chi connectivity index (χ4v) is 2.15. The maximum absolute atomic E-state index is 4.36. The number of aromatic nitrogens is 4.